The van der Waals surface area contributed by atoms with Crippen molar-refractivity contribution in [3.05, 3.63) is 65.5 Å². The average molecular weight is 478 g/mol. The van der Waals surface area contributed by atoms with Gasteiger partial charge in [-0.1, -0.05) is 24.3 Å². The van der Waals surface area contributed by atoms with Gasteiger partial charge in [-0.05, 0) is 74.3 Å². The average Bonchev–Trinajstić information content (AvgIpc) is 3.72. The van der Waals surface area contributed by atoms with Crippen molar-refractivity contribution in [3.8, 4) is 11.9 Å². The third kappa shape index (κ3) is 6.30. The van der Waals surface area contributed by atoms with Crippen LogP contribution >= 0.6 is 0 Å². The number of guanidine groups is 1. The Morgan fingerprint density at radius 3 is 2.51 bits per heavy atom. The number of nitriles is 1. The third-order valence-electron chi connectivity index (χ3n) is 7.06. The highest BCUT2D eigenvalue weighted by Gasteiger charge is 2.38. The van der Waals surface area contributed by atoms with Crippen molar-refractivity contribution in [2.45, 2.75) is 50.0 Å². The van der Waals surface area contributed by atoms with Crippen molar-refractivity contribution in [2.75, 3.05) is 20.2 Å². The molecular weight excluding hydrogens is 445 g/mol. The molecule has 3 N–H and O–H groups in total. The highest BCUT2D eigenvalue weighted by atomic mass is 19.1. The lowest BCUT2D eigenvalue weighted by atomic mass is 9.68. The van der Waals surface area contributed by atoms with Gasteiger partial charge in [0.05, 0.1) is 12.7 Å². The molecule has 2 aliphatic carbocycles. The van der Waals surface area contributed by atoms with Crippen LogP contribution in [0.1, 0.15) is 54.4 Å². The van der Waals surface area contributed by atoms with Crippen LogP contribution in [0.15, 0.2) is 53.5 Å². The molecule has 35 heavy (non-hydrogen) atoms. The Morgan fingerprint density at radius 2 is 1.86 bits per heavy atom. The number of hydrogen-bond donors (Lipinski definition) is 3. The van der Waals surface area contributed by atoms with E-state index in [-0.39, 0.29) is 23.2 Å². The summed E-state index contributed by atoms with van der Waals surface area (Å²) in [5.74, 6) is 1.21. The van der Waals surface area contributed by atoms with Crippen molar-refractivity contribution in [2.24, 2.45) is 10.9 Å². The molecule has 0 aliphatic heterocycles. The van der Waals surface area contributed by atoms with Gasteiger partial charge in [-0.25, -0.2) is 4.39 Å². The van der Waals surface area contributed by atoms with Gasteiger partial charge in [0.2, 0.25) is 5.96 Å². The number of aliphatic imine (C=N–C) groups is 1. The fourth-order valence-corrected chi connectivity index (χ4v) is 4.75. The summed E-state index contributed by atoms with van der Waals surface area (Å²) in [6.45, 7) is 1.17. The van der Waals surface area contributed by atoms with E-state index in [0.29, 0.717) is 29.7 Å². The van der Waals surface area contributed by atoms with Crippen LogP contribution in [-0.2, 0) is 5.41 Å². The molecule has 2 fully saturated rings. The number of carbonyl (C=O) groups is 1. The lowest BCUT2D eigenvalue weighted by Crippen LogP contribution is -2.49. The molecule has 0 unspecified atom stereocenters. The monoisotopic (exact) mass is 477 g/mol. The van der Waals surface area contributed by atoms with Crippen LogP contribution in [0.4, 0.5) is 4.39 Å². The molecule has 4 rings (SSSR count). The zero-order valence-electron chi connectivity index (χ0n) is 20.0. The number of benzene rings is 2. The maximum atomic E-state index is 13.7. The fraction of sp³-hybridized carbons (Fsp3) is 0.444. The number of hydrogen-bond acceptors (Lipinski definition) is 4. The molecule has 1 amide bonds. The van der Waals surface area contributed by atoms with E-state index in [4.69, 9.17) is 10.00 Å². The minimum absolute atomic E-state index is 0.160. The standard InChI is InChI=1S/C27H32FN5O2/c1-35-24-5-3-2-4-23(24)25(34)31-17-27(20-8-10-21(28)11-9-20)14-12-22(13-15-27)33-26(32-18-29)30-16-19-6-7-19/h2-5,8-11,19,22H,6-7,12-17H2,1H3,(H,31,34)(H2,30,32,33). The van der Waals surface area contributed by atoms with E-state index >= 15 is 0 Å². The van der Waals surface area contributed by atoms with Crippen molar-refractivity contribution in [1.29, 1.82) is 5.26 Å². The molecule has 7 nitrogen and oxygen atoms in total. The van der Waals surface area contributed by atoms with Gasteiger partial charge in [-0.3, -0.25) is 15.1 Å². The summed E-state index contributed by atoms with van der Waals surface area (Å²) in [5.41, 5.74) is 1.17. The number of para-hydroxylation sites is 1. The van der Waals surface area contributed by atoms with E-state index in [1.54, 1.807) is 19.2 Å². The minimum Gasteiger partial charge on any atom is -0.496 e. The summed E-state index contributed by atoms with van der Waals surface area (Å²) in [7, 11) is 1.55. The van der Waals surface area contributed by atoms with Gasteiger partial charge in [0.1, 0.15) is 11.6 Å². The Morgan fingerprint density at radius 1 is 1.14 bits per heavy atom. The maximum Gasteiger partial charge on any atom is 0.255 e. The Hall–Kier alpha value is -3.60. The predicted octanol–water partition coefficient (Wildman–Crippen LogP) is 3.87. The van der Waals surface area contributed by atoms with Crippen LogP contribution in [0.25, 0.3) is 0 Å². The Balaban J connectivity index is 1.46. The van der Waals surface area contributed by atoms with Gasteiger partial charge in [-0.2, -0.15) is 5.26 Å². The lowest BCUT2D eigenvalue weighted by molar-refractivity contribution is 0.0932. The molecule has 8 heteroatoms. The van der Waals surface area contributed by atoms with Crippen molar-refractivity contribution >= 4 is 11.9 Å². The Bertz CT molecular complexity index is 1080. The first-order valence-electron chi connectivity index (χ1n) is 12.2. The van der Waals surface area contributed by atoms with Crippen LogP contribution in [-0.4, -0.2) is 38.1 Å². The molecule has 2 aromatic carbocycles. The zero-order valence-corrected chi connectivity index (χ0v) is 20.0. The number of rotatable bonds is 8. The number of ether oxygens (including phenoxy) is 1. The van der Waals surface area contributed by atoms with E-state index in [1.807, 2.05) is 30.5 Å². The molecule has 0 atom stereocenters. The smallest absolute Gasteiger partial charge is 0.255 e. The first-order chi connectivity index (χ1) is 17.0. The second-order valence-electron chi connectivity index (χ2n) is 9.46. The number of methoxy groups -OCH3 is 1. The van der Waals surface area contributed by atoms with Gasteiger partial charge in [0.15, 0.2) is 6.19 Å². The second-order valence-corrected chi connectivity index (χ2v) is 9.46. The molecule has 0 radical (unpaired) electrons. The summed E-state index contributed by atoms with van der Waals surface area (Å²) < 4.78 is 19.0. The highest BCUT2D eigenvalue weighted by Crippen LogP contribution is 2.39. The van der Waals surface area contributed by atoms with Crippen LogP contribution in [0.2, 0.25) is 0 Å². The molecule has 0 spiro atoms. The Labute approximate surface area is 205 Å². The summed E-state index contributed by atoms with van der Waals surface area (Å²) >= 11 is 0. The molecule has 2 saturated carbocycles. The summed E-state index contributed by atoms with van der Waals surface area (Å²) in [4.78, 5) is 17.5. The number of amides is 1. The quantitative estimate of drug-likeness (QED) is 0.232. The molecule has 0 heterocycles. The lowest BCUT2D eigenvalue weighted by Gasteiger charge is -2.41. The van der Waals surface area contributed by atoms with E-state index in [2.05, 4.69) is 20.9 Å². The zero-order chi connectivity index (χ0) is 24.7. The van der Waals surface area contributed by atoms with Gasteiger partial charge >= 0.3 is 0 Å². The predicted molar refractivity (Wildman–Crippen MR) is 133 cm³/mol. The van der Waals surface area contributed by atoms with Gasteiger partial charge in [0, 0.05) is 24.5 Å². The van der Waals surface area contributed by atoms with E-state index in [1.165, 1.54) is 25.0 Å². The molecule has 0 saturated heterocycles. The SMILES string of the molecule is COc1ccccc1C(=O)NCC1(c2ccc(F)cc2)CCC(NC(=NCC2CC2)NC#N)CC1. The van der Waals surface area contributed by atoms with Crippen LogP contribution in [0.5, 0.6) is 5.75 Å². The van der Waals surface area contributed by atoms with Gasteiger partial charge in [-0.15, -0.1) is 0 Å². The number of nitrogens with one attached hydrogen (secondary N) is 3. The summed E-state index contributed by atoms with van der Waals surface area (Å²) in [5, 5.41) is 18.3. The first-order valence-corrected chi connectivity index (χ1v) is 12.2. The van der Waals surface area contributed by atoms with E-state index < -0.39 is 0 Å². The number of halogens is 1. The van der Waals surface area contributed by atoms with Crippen LogP contribution in [0, 0.1) is 23.2 Å². The Kier molecular flexibility index (Phi) is 7.86. The van der Waals surface area contributed by atoms with Crippen LogP contribution in [0.3, 0.4) is 0 Å². The fourth-order valence-electron chi connectivity index (χ4n) is 4.75. The van der Waals surface area contributed by atoms with Gasteiger partial charge in [0.25, 0.3) is 5.91 Å². The van der Waals surface area contributed by atoms with Crippen molar-refractivity contribution in [1.82, 2.24) is 16.0 Å². The first kappa shape index (κ1) is 24.5. The second kappa shape index (κ2) is 11.2. The highest BCUT2D eigenvalue weighted by molar-refractivity contribution is 5.97. The van der Waals surface area contributed by atoms with Crippen molar-refractivity contribution in [3.63, 3.8) is 0 Å². The minimum atomic E-state index is -0.322. The topological polar surface area (TPSA) is 98.5 Å². The van der Waals surface area contributed by atoms with Crippen LogP contribution < -0.4 is 20.7 Å². The number of carbonyl (C=O) groups excluding carboxylic acids is 1. The maximum absolute atomic E-state index is 13.7. The van der Waals surface area contributed by atoms with Gasteiger partial charge < -0.3 is 15.4 Å². The normalized spacial score (nSPS) is 22.1. The molecule has 2 aliphatic rings. The van der Waals surface area contributed by atoms with E-state index in [0.717, 1.165) is 37.8 Å². The molecular formula is C27H32FN5O2. The molecule has 184 valence electrons. The summed E-state index contributed by atoms with van der Waals surface area (Å²) in [6, 6.07) is 13.9. The largest absolute Gasteiger partial charge is 0.496 e. The molecule has 2 aromatic rings. The van der Waals surface area contributed by atoms with E-state index in [9.17, 15) is 9.18 Å². The molecule has 0 bridgehead atoms. The van der Waals surface area contributed by atoms with Crippen molar-refractivity contribution < 1.29 is 13.9 Å². The number of nitrogens with zero attached hydrogens (tertiary/aromatic N) is 2. The summed E-state index contributed by atoms with van der Waals surface area (Å²) in [6.07, 6.45) is 7.63. The third-order valence-corrected chi connectivity index (χ3v) is 7.06. The molecule has 0 aromatic heterocycles.